The third kappa shape index (κ3) is 4.48. The molecule has 1 amide bonds. The number of sulfonamides is 1. The lowest BCUT2D eigenvalue weighted by molar-refractivity contribution is -0.130. The molecule has 1 aliphatic heterocycles. The zero-order chi connectivity index (χ0) is 17.0. The third-order valence-electron chi connectivity index (χ3n) is 4.07. The zero-order valence-corrected chi connectivity index (χ0v) is 13.7. The van der Waals surface area contributed by atoms with Gasteiger partial charge in [-0.1, -0.05) is 0 Å². The number of amides is 1. The molecule has 0 aliphatic carbocycles. The van der Waals surface area contributed by atoms with E-state index in [9.17, 15) is 22.0 Å². The summed E-state index contributed by atoms with van der Waals surface area (Å²) >= 11 is 0. The standard InChI is InChI=1S/C15H20F2N2O3S/c1-18-23(21,22)13-7-8-19(10-13)15(20)4-2-3-11-9-12(16)5-6-14(11)17/h5-6,9,13,18H,2-4,7-8,10H2,1H3. The maximum Gasteiger partial charge on any atom is 0.222 e. The predicted octanol–water partition coefficient (Wildman–Crippen LogP) is 1.44. The Morgan fingerprint density at radius 2 is 2.13 bits per heavy atom. The van der Waals surface area contributed by atoms with Gasteiger partial charge in [0, 0.05) is 19.5 Å². The second kappa shape index (κ2) is 7.35. The molecule has 1 N–H and O–H groups in total. The number of nitrogens with one attached hydrogen (secondary N) is 1. The monoisotopic (exact) mass is 346 g/mol. The van der Waals surface area contributed by atoms with Crippen LogP contribution >= 0.6 is 0 Å². The number of carbonyl (C=O) groups excluding carboxylic acids is 1. The molecular weight excluding hydrogens is 326 g/mol. The first-order valence-corrected chi connectivity index (χ1v) is 9.02. The van der Waals surface area contributed by atoms with Crippen molar-refractivity contribution < 1.29 is 22.0 Å². The normalized spacial score (nSPS) is 18.4. The quantitative estimate of drug-likeness (QED) is 0.848. The molecule has 128 valence electrons. The first-order valence-electron chi connectivity index (χ1n) is 7.47. The molecule has 0 aromatic heterocycles. The van der Waals surface area contributed by atoms with Crippen molar-refractivity contribution in [2.45, 2.75) is 30.9 Å². The number of hydrogen-bond donors (Lipinski definition) is 1. The molecule has 1 heterocycles. The molecule has 1 atom stereocenters. The van der Waals surface area contributed by atoms with Gasteiger partial charge < -0.3 is 4.90 Å². The summed E-state index contributed by atoms with van der Waals surface area (Å²) in [6.45, 7) is 0.578. The first kappa shape index (κ1) is 17.8. The Kier molecular flexibility index (Phi) is 5.69. The molecule has 0 spiro atoms. The highest BCUT2D eigenvalue weighted by atomic mass is 32.2. The van der Waals surface area contributed by atoms with Crippen LogP contribution in [0.1, 0.15) is 24.8 Å². The van der Waals surface area contributed by atoms with Gasteiger partial charge in [-0.3, -0.25) is 4.79 Å². The van der Waals surface area contributed by atoms with Crippen LogP contribution in [0.15, 0.2) is 18.2 Å². The van der Waals surface area contributed by atoms with Gasteiger partial charge in [-0.2, -0.15) is 0 Å². The molecular formula is C15H20F2N2O3S. The maximum atomic E-state index is 13.5. The second-order valence-electron chi connectivity index (χ2n) is 5.59. The van der Waals surface area contributed by atoms with Crippen LogP contribution in [-0.4, -0.2) is 44.6 Å². The fourth-order valence-corrected chi connectivity index (χ4v) is 3.82. The van der Waals surface area contributed by atoms with Crippen molar-refractivity contribution in [3.05, 3.63) is 35.4 Å². The molecule has 0 radical (unpaired) electrons. The molecule has 0 saturated carbocycles. The van der Waals surface area contributed by atoms with Crippen LogP contribution in [0.25, 0.3) is 0 Å². The van der Waals surface area contributed by atoms with Crippen LogP contribution in [0.2, 0.25) is 0 Å². The lowest BCUT2D eigenvalue weighted by atomic mass is 10.1. The van der Waals surface area contributed by atoms with E-state index in [-0.39, 0.29) is 30.9 Å². The van der Waals surface area contributed by atoms with Crippen molar-refractivity contribution in [3.8, 4) is 0 Å². The van der Waals surface area contributed by atoms with E-state index in [0.717, 1.165) is 18.2 Å². The van der Waals surface area contributed by atoms with E-state index in [1.165, 1.54) is 11.9 Å². The average molecular weight is 346 g/mol. The Bertz CT molecular complexity index is 679. The summed E-state index contributed by atoms with van der Waals surface area (Å²) < 4.78 is 52.2. The van der Waals surface area contributed by atoms with E-state index in [0.29, 0.717) is 19.4 Å². The van der Waals surface area contributed by atoms with E-state index < -0.39 is 26.9 Å². The fraction of sp³-hybridized carbons (Fsp3) is 0.533. The summed E-state index contributed by atoms with van der Waals surface area (Å²) in [5.41, 5.74) is 0.245. The molecule has 1 aromatic carbocycles. The van der Waals surface area contributed by atoms with Gasteiger partial charge in [0.2, 0.25) is 15.9 Å². The van der Waals surface area contributed by atoms with Crippen LogP contribution in [-0.2, 0) is 21.2 Å². The highest BCUT2D eigenvalue weighted by Crippen LogP contribution is 2.18. The van der Waals surface area contributed by atoms with Crippen LogP contribution < -0.4 is 4.72 Å². The molecule has 2 rings (SSSR count). The van der Waals surface area contributed by atoms with Crippen LogP contribution in [0.3, 0.4) is 0 Å². The van der Waals surface area contributed by atoms with E-state index in [2.05, 4.69) is 4.72 Å². The van der Waals surface area contributed by atoms with E-state index in [4.69, 9.17) is 0 Å². The minimum absolute atomic E-state index is 0.157. The lowest BCUT2D eigenvalue weighted by Gasteiger charge is -2.16. The van der Waals surface area contributed by atoms with Crippen molar-refractivity contribution in [1.29, 1.82) is 0 Å². The summed E-state index contributed by atoms with van der Waals surface area (Å²) in [6.07, 6.45) is 1.25. The topological polar surface area (TPSA) is 66.5 Å². The largest absolute Gasteiger partial charge is 0.341 e. The summed E-state index contributed by atoms with van der Waals surface area (Å²) in [5.74, 6) is -1.15. The highest BCUT2D eigenvalue weighted by Gasteiger charge is 2.33. The smallest absolute Gasteiger partial charge is 0.222 e. The summed E-state index contributed by atoms with van der Waals surface area (Å²) in [6, 6.07) is 3.25. The average Bonchev–Trinajstić information content (AvgIpc) is 3.01. The number of likely N-dealkylation sites (tertiary alicyclic amines) is 1. The van der Waals surface area contributed by atoms with Gasteiger partial charge >= 0.3 is 0 Å². The van der Waals surface area contributed by atoms with Crippen molar-refractivity contribution in [2.75, 3.05) is 20.1 Å². The number of halogens is 2. The molecule has 1 saturated heterocycles. The van der Waals surface area contributed by atoms with Crippen molar-refractivity contribution in [1.82, 2.24) is 9.62 Å². The van der Waals surface area contributed by atoms with Gasteiger partial charge in [-0.05, 0) is 50.1 Å². The Hall–Kier alpha value is -1.54. The van der Waals surface area contributed by atoms with E-state index in [1.54, 1.807) is 0 Å². The Morgan fingerprint density at radius 1 is 1.39 bits per heavy atom. The number of nitrogens with zero attached hydrogens (tertiary/aromatic N) is 1. The SMILES string of the molecule is CNS(=O)(=O)C1CCN(C(=O)CCCc2cc(F)ccc2F)C1. The van der Waals surface area contributed by atoms with E-state index in [1.807, 2.05) is 0 Å². The fourth-order valence-electron chi connectivity index (χ4n) is 2.70. The lowest BCUT2D eigenvalue weighted by Crippen LogP contribution is -2.36. The van der Waals surface area contributed by atoms with Gasteiger partial charge in [0.05, 0.1) is 5.25 Å². The third-order valence-corrected chi connectivity index (χ3v) is 5.90. The second-order valence-corrected chi connectivity index (χ2v) is 7.75. The first-order chi connectivity index (χ1) is 10.8. The minimum atomic E-state index is -3.37. The minimum Gasteiger partial charge on any atom is -0.341 e. The van der Waals surface area contributed by atoms with Crippen LogP contribution in [0.4, 0.5) is 8.78 Å². The number of hydrogen-bond acceptors (Lipinski definition) is 3. The molecule has 0 bridgehead atoms. The number of benzene rings is 1. The number of aryl methyl sites for hydroxylation is 1. The Morgan fingerprint density at radius 3 is 2.83 bits per heavy atom. The molecule has 1 aliphatic rings. The molecule has 1 unspecified atom stereocenters. The summed E-state index contributed by atoms with van der Waals surface area (Å²) in [7, 11) is -2.02. The van der Waals surface area contributed by atoms with Gasteiger partial charge in [0.1, 0.15) is 11.6 Å². The number of carbonyl (C=O) groups is 1. The van der Waals surface area contributed by atoms with Gasteiger partial charge in [0.15, 0.2) is 0 Å². The molecule has 23 heavy (non-hydrogen) atoms. The van der Waals surface area contributed by atoms with E-state index >= 15 is 0 Å². The van der Waals surface area contributed by atoms with Crippen molar-refractivity contribution >= 4 is 15.9 Å². The molecule has 1 aromatic rings. The summed E-state index contributed by atoms with van der Waals surface area (Å²) in [5, 5.41) is -0.586. The Labute approximate surface area is 134 Å². The highest BCUT2D eigenvalue weighted by molar-refractivity contribution is 7.90. The molecule has 5 nitrogen and oxygen atoms in total. The maximum absolute atomic E-state index is 13.5. The van der Waals surface area contributed by atoms with Crippen LogP contribution in [0, 0.1) is 11.6 Å². The summed E-state index contributed by atoms with van der Waals surface area (Å²) in [4.78, 5) is 13.6. The molecule has 8 heteroatoms. The van der Waals surface area contributed by atoms with Crippen LogP contribution in [0.5, 0.6) is 0 Å². The van der Waals surface area contributed by atoms with Gasteiger partial charge in [-0.25, -0.2) is 21.9 Å². The van der Waals surface area contributed by atoms with Crippen molar-refractivity contribution in [2.24, 2.45) is 0 Å². The molecule has 1 fully saturated rings. The zero-order valence-electron chi connectivity index (χ0n) is 12.9. The van der Waals surface area contributed by atoms with Crippen molar-refractivity contribution in [3.63, 3.8) is 0 Å². The van der Waals surface area contributed by atoms with Gasteiger partial charge in [0.25, 0.3) is 0 Å². The number of rotatable bonds is 6. The van der Waals surface area contributed by atoms with Gasteiger partial charge in [-0.15, -0.1) is 0 Å². The Balaban J connectivity index is 1.83. The predicted molar refractivity (Wildman–Crippen MR) is 82.3 cm³/mol.